The molecule has 0 N–H and O–H groups in total. The normalized spacial score (nSPS) is 15.4. The fourth-order valence-corrected chi connectivity index (χ4v) is 2.74. The molecule has 1 aliphatic carbocycles. The van der Waals surface area contributed by atoms with Crippen LogP contribution in [-0.2, 0) is 4.79 Å². The van der Waals surface area contributed by atoms with Gasteiger partial charge >= 0.3 is 0 Å². The molecule has 0 fully saturated rings. The van der Waals surface area contributed by atoms with Crippen molar-refractivity contribution in [3.8, 4) is 0 Å². The zero-order chi connectivity index (χ0) is 13.8. The Kier molecular flexibility index (Phi) is 3.60. The molecule has 0 radical (unpaired) electrons. The third kappa shape index (κ3) is 2.35. The summed E-state index contributed by atoms with van der Waals surface area (Å²) in [6.07, 6.45) is 6.23. The number of benzene rings is 2. The number of hydrogen-bond acceptors (Lipinski definition) is 1. The average molecular weight is 260 g/mol. The predicted molar refractivity (Wildman–Crippen MR) is 83.0 cm³/mol. The molecule has 0 saturated carbocycles. The zero-order valence-corrected chi connectivity index (χ0v) is 11.2. The van der Waals surface area contributed by atoms with Gasteiger partial charge in [-0.1, -0.05) is 72.8 Å². The first-order valence-electron chi connectivity index (χ1n) is 6.86. The van der Waals surface area contributed by atoms with E-state index in [-0.39, 0.29) is 5.92 Å². The van der Waals surface area contributed by atoms with Crippen LogP contribution in [0.5, 0.6) is 0 Å². The van der Waals surface area contributed by atoms with E-state index in [2.05, 4.69) is 36.4 Å². The molecular formula is C19H16O. The summed E-state index contributed by atoms with van der Waals surface area (Å²) in [6, 6.07) is 20.3. The fourth-order valence-electron chi connectivity index (χ4n) is 2.74. The third-order valence-corrected chi connectivity index (χ3v) is 3.70. The van der Waals surface area contributed by atoms with Crippen molar-refractivity contribution < 1.29 is 4.79 Å². The van der Waals surface area contributed by atoms with E-state index in [1.54, 1.807) is 0 Å². The smallest absolute Gasteiger partial charge is 0.131 e. The Morgan fingerprint density at radius 3 is 1.60 bits per heavy atom. The molecule has 0 aromatic heterocycles. The minimum Gasteiger partial charge on any atom is -0.302 e. The summed E-state index contributed by atoms with van der Waals surface area (Å²) in [4.78, 5) is 11.6. The third-order valence-electron chi connectivity index (χ3n) is 3.70. The van der Waals surface area contributed by atoms with Gasteiger partial charge in [0.25, 0.3) is 0 Å². The summed E-state index contributed by atoms with van der Waals surface area (Å²) in [6.45, 7) is 0. The Balaban J connectivity index is 2.00. The molecule has 3 rings (SSSR count). The predicted octanol–water partition coefficient (Wildman–Crippen LogP) is 4.37. The van der Waals surface area contributed by atoms with E-state index < -0.39 is 0 Å². The van der Waals surface area contributed by atoms with Crippen molar-refractivity contribution in [3.63, 3.8) is 0 Å². The SMILES string of the molecule is O=CC1C(c2ccccc2)=CCC=C1c1ccccc1. The van der Waals surface area contributed by atoms with E-state index in [4.69, 9.17) is 0 Å². The van der Waals surface area contributed by atoms with Crippen LogP contribution in [0.1, 0.15) is 17.5 Å². The van der Waals surface area contributed by atoms with Crippen LogP contribution in [0.3, 0.4) is 0 Å². The van der Waals surface area contributed by atoms with Gasteiger partial charge in [0.05, 0.1) is 5.92 Å². The maximum absolute atomic E-state index is 11.6. The van der Waals surface area contributed by atoms with Gasteiger partial charge in [-0.3, -0.25) is 0 Å². The lowest BCUT2D eigenvalue weighted by molar-refractivity contribution is -0.108. The Labute approximate surface area is 119 Å². The molecule has 1 aliphatic rings. The fraction of sp³-hybridized carbons (Fsp3) is 0.105. The highest BCUT2D eigenvalue weighted by atomic mass is 16.1. The second kappa shape index (κ2) is 5.70. The van der Waals surface area contributed by atoms with Gasteiger partial charge in [0.1, 0.15) is 6.29 Å². The van der Waals surface area contributed by atoms with Gasteiger partial charge in [0.2, 0.25) is 0 Å². The molecule has 0 amide bonds. The molecular weight excluding hydrogens is 244 g/mol. The summed E-state index contributed by atoms with van der Waals surface area (Å²) in [5, 5.41) is 0. The van der Waals surface area contributed by atoms with Crippen LogP contribution in [0.15, 0.2) is 72.8 Å². The molecule has 98 valence electrons. The van der Waals surface area contributed by atoms with Crippen molar-refractivity contribution in [2.45, 2.75) is 6.42 Å². The first kappa shape index (κ1) is 12.6. The summed E-state index contributed by atoms with van der Waals surface area (Å²) < 4.78 is 0. The standard InChI is InChI=1S/C19H16O/c20-14-19-17(15-8-3-1-4-9-15)12-7-13-18(19)16-10-5-2-6-11-16/h1-6,8-14,19H,7H2. The molecule has 2 aromatic carbocycles. The number of rotatable bonds is 3. The van der Waals surface area contributed by atoms with Crippen molar-refractivity contribution in [2.75, 3.05) is 0 Å². The maximum Gasteiger partial charge on any atom is 0.131 e. The molecule has 1 nitrogen and oxygen atoms in total. The monoisotopic (exact) mass is 260 g/mol. The molecule has 20 heavy (non-hydrogen) atoms. The lowest BCUT2D eigenvalue weighted by Crippen LogP contribution is -2.11. The molecule has 0 bridgehead atoms. The lowest BCUT2D eigenvalue weighted by atomic mass is 9.80. The Bertz CT molecular complexity index is 595. The second-order valence-electron chi connectivity index (χ2n) is 4.90. The van der Waals surface area contributed by atoms with E-state index >= 15 is 0 Å². The molecule has 0 spiro atoms. The Morgan fingerprint density at radius 2 is 1.20 bits per heavy atom. The van der Waals surface area contributed by atoms with Crippen molar-refractivity contribution in [3.05, 3.63) is 83.9 Å². The first-order chi connectivity index (χ1) is 9.90. The van der Waals surface area contributed by atoms with E-state index in [1.807, 2.05) is 36.4 Å². The van der Waals surface area contributed by atoms with Crippen LogP contribution in [-0.4, -0.2) is 6.29 Å². The Hall–Kier alpha value is -2.41. The number of hydrogen-bond donors (Lipinski definition) is 0. The van der Waals surface area contributed by atoms with Gasteiger partial charge in [0.15, 0.2) is 0 Å². The van der Waals surface area contributed by atoms with Gasteiger partial charge in [-0.05, 0) is 28.7 Å². The van der Waals surface area contributed by atoms with E-state index in [0.717, 1.165) is 35.0 Å². The average Bonchev–Trinajstić information content (AvgIpc) is 2.55. The number of carbonyl (C=O) groups excluding carboxylic acids is 1. The largest absolute Gasteiger partial charge is 0.302 e. The summed E-state index contributed by atoms with van der Waals surface area (Å²) in [5.41, 5.74) is 4.49. The summed E-state index contributed by atoms with van der Waals surface area (Å²) in [5.74, 6) is -0.173. The Morgan fingerprint density at radius 1 is 0.750 bits per heavy atom. The van der Waals surface area contributed by atoms with Gasteiger partial charge in [-0.2, -0.15) is 0 Å². The topological polar surface area (TPSA) is 17.1 Å². The molecule has 0 unspecified atom stereocenters. The van der Waals surface area contributed by atoms with Gasteiger partial charge < -0.3 is 4.79 Å². The van der Waals surface area contributed by atoms with Crippen LogP contribution in [0.4, 0.5) is 0 Å². The van der Waals surface area contributed by atoms with Crippen LogP contribution in [0, 0.1) is 5.92 Å². The van der Waals surface area contributed by atoms with Crippen LogP contribution < -0.4 is 0 Å². The highest BCUT2D eigenvalue weighted by Crippen LogP contribution is 2.37. The van der Waals surface area contributed by atoms with Crippen LogP contribution in [0.25, 0.3) is 11.1 Å². The van der Waals surface area contributed by atoms with E-state index in [1.165, 1.54) is 0 Å². The number of carbonyl (C=O) groups is 1. The van der Waals surface area contributed by atoms with E-state index in [0.29, 0.717) is 0 Å². The number of allylic oxidation sites excluding steroid dienone is 4. The highest BCUT2D eigenvalue weighted by Gasteiger charge is 2.23. The summed E-state index contributed by atoms with van der Waals surface area (Å²) in [7, 11) is 0. The van der Waals surface area contributed by atoms with Crippen LogP contribution >= 0.6 is 0 Å². The molecule has 2 aromatic rings. The first-order valence-corrected chi connectivity index (χ1v) is 6.86. The molecule has 0 saturated heterocycles. The maximum atomic E-state index is 11.6. The lowest BCUT2D eigenvalue weighted by Gasteiger charge is -2.23. The molecule has 0 atom stereocenters. The van der Waals surface area contributed by atoms with Crippen molar-refractivity contribution in [1.82, 2.24) is 0 Å². The van der Waals surface area contributed by atoms with Gasteiger partial charge in [-0.25, -0.2) is 0 Å². The molecule has 1 heteroatoms. The van der Waals surface area contributed by atoms with Crippen LogP contribution in [0.2, 0.25) is 0 Å². The summed E-state index contributed by atoms with van der Waals surface area (Å²) >= 11 is 0. The quantitative estimate of drug-likeness (QED) is 0.749. The minimum absolute atomic E-state index is 0.173. The van der Waals surface area contributed by atoms with Crippen molar-refractivity contribution >= 4 is 17.4 Å². The zero-order valence-electron chi connectivity index (χ0n) is 11.2. The van der Waals surface area contributed by atoms with Gasteiger partial charge in [-0.15, -0.1) is 0 Å². The molecule has 0 aliphatic heterocycles. The van der Waals surface area contributed by atoms with Crippen molar-refractivity contribution in [1.29, 1.82) is 0 Å². The highest BCUT2D eigenvalue weighted by molar-refractivity contribution is 5.96. The molecule has 0 heterocycles. The minimum atomic E-state index is -0.173. The second-order valence-corrected chi connectivity index (χ2v) is 4.90. The van der Waals surface area contributed by atoms with Gasteiger partial charge in [0, 0.05) is 0 Å². The number of aldehydes is 1. The van der Waals surface area contributed by atoms with Crippen molar-refractivity contribution in [2.24, 2.45) is 5.92 Å². The van der Waals surface area contributed by atoms with E-state index in [9.17, 15) is 4.79 Å².